The Labute approximate surface area is 139 Å². The molecule has 0 amide bonds. The van der Waals surface area contributed by atoms with Gasteiger partial charge in [-0.3, -0.25) is 4.79 Å². The fourth-order valence-electron chi connectivity index (χ4n) is 2.41. The van der Waals surface area contributed by atoms with E-state index in [1.54, 1.807) is 17.6 Å². The van der Waals surface area contributed by atoms with Crippen LogP contribution < -0.4 is 5.32 Å². The van der Waals surface area contributed by atoms with E-state index < -0.39 is 0 Å². The van der Waals surface area contributed by atoms with Gasteiger partial charge in [-0.05, 0) is 42.1 Å². The zero-order chi connectivity index (χ0) is 16.1. The molecule has 23 heavy (non-hydrogen) atoms. The Bertz CT molecular complexity index is 700. The maximum atomic E-state index is 11.9. The quantitative estimate of drug-likeness (QED) is 0.626. The second-order valence-corrected chi connectivity index (χ2v) is 6.25. The van der Waals surface area contributed by atoms with Gasteiger partial charge in [0.25, 0.3) is 0 Å². The van der Waals surface area contributed by atoms with Gasteiger partial charge >= 0.3 is 0 Å². The van der Waals surface area contributed by atoms with Crippen molar-refractivity contribution < 1.29 is 9.32 Å². The van der Waals surface area contributed by atoms with E-state index in [4.69, 9.17) is 4.52 Å². The van der Waals surface area contributed by atoms with E-state index in [0.717, 1.165) is 28.2 Å². The SMILES string of the molecule is CCCC(=O)c1ccc(NC(c2ccon2)c2cccs2)cc1. The first-order chi connectivity index (χ1) is 11.3. The monoisotopic (exact) mass is 326 g/mol. The molecular formula is C18H18N2O2S. The molecule has 0 aliphatic carbocycles. The summed E-state index contributed by atoms with van der Waals surface area (Å²) in [6.45, 7) is 2.01. The van der Waals surface area contributed by atoms with E-state index in [9.17, 15) is 4.79 Å². The number of carbonyl (C=O) groups excluding carboxylic acids is 1. The number of nitrogens with zero attached hydrogens (tertiary/aromatic N) is 1. The number of thiophene rings is 1. The molecule has 5 heteroatoms. The molecule has 0 spiro atoms. The molecule has 0 aliphatic heterocycles. The molecule has 0 fully saturated rings. The minimum absolute atomic E-state index is 0.0639. The fourth-order valence-corrected chi connectivity index (χ4v) is 3.19. The molecule has 4 nitrogen and oxygen atoms in total. The molecule has 2 aromatic heterocycles. The number of rotatable bonds is 7. The first kappa shape index (κ1) is 15.5. The Morgan fingerprint density at radius 2 is 2.09 bits per heavy atom. The predicted octanol–water partition coefficient (Wildman–Crippen LogP) is 4.92. The van der Waals surface area contributed by atoms with E-state index in [-0.39, 0.29) is 11.8 Å². The molecule has 1 unspecified atom stereocenters. The first-order valence-corrected chi connectivity index (χ1v) is 8.49. The number of hydrogen-bond donors (Lipinski definition) is 1. The summed E-state index contributed by atoms with van der Waals surface area (Å²) in [6, 6.07) is 13.5. The number of carbonyl (C=O) groups is 1. The van der Waals surface area contributed by atoms with Crippen molar-refractivity contribution in [1.82, 2.24) is 5.16 Å². The van der Waals surface area contributed by atoms with Crippen molar-refractivity contribution in [3.8, 4) is 0 Å². The third-order valence-electron chi connectivity index (χ3n) is 3.58. The Balaban J connectivity index is 1.79. The van der Waals surface area contributed by atoms with Crippen LogP contribution in [-0.2, 0) is 0 Å². The minimum atomic E-state index is -0.0639. The molecule has 1 atom stereocenters. The normalized spacial score (nSPS) is 12.0. The van der Waals surface area contributed by atoms with E-state index in [1.807, 2.05) is 48.7 Å². The number of anilines is 1. The van der Waals surface area contributed by atoms with Crippen LogP contribution in [0.15, 0.2) is 58.6 Å². The average molecular weight is 326 g/mol. The van der Waals surface area contributed by atoms with Crippen molar-refractivity contribution in [3.63, 3.8) is 0 Å². The van der Waals surface area contributed by atoms with Crippen LogP contribution in [0.5, 0.6) is 0 Å². The number of Topliss-reactive ketones (excluding diaryl/α,β-unsaturated/α-hetero) is 1. The Morgan fingerprint density at radius 3 is 2.70 bits per heavy atom. The third-order valence-corrected chi connectivity index (χ3v) is 4.51. The highest BCUT2D eigenvalue weighted by Gasteiger charge is 2.18. The van der Waals surface area contributed by atoms with Crippen LogP contribution in [0.1, 0.15) is 46.7 Å². The number of ketones is 1. The third kappa shape index (κ3) is 3.68. The minimum Gasteiger partial charge on any atom is -0.372 e. The van der Waals surface area contributed by atoms with Crippen molar-refractivity contribution in [2.24, 2.45) is 0 Å². The van der Waals surface area contributed by atoms with Gasteiger partial charge in [-0.2, -0.15) is 0 Å². The smallest absolute Gasteiger partial charge is 0.162 e. The van der Waals surface area contributed by atoms with Gasteiger partial charge in [0.15, 0.2) is 5.78 Å². The lowest BCUT2D eigenvalue weighted by Crippen LogP contribution is -2.11. The summed E-state index contributed by atoms with van der Waals surface area (Å²) in [7, 11) is 0. The summed E-state index contributed by atoms with van der Waals surface area (Å²) in [5, 5.41) is 9.55. The first-order valence-electron chi connectivity index (χ1n) is 7.61. The molecule has 0 aliphatic rings. The van der Waals surface area contributed by atoms with E-state index in [1.165, 1.54) is 0 Å². The van der Waals surface area contributed by atoms with E-state index in [2.05, 4.69) is 16.5 Å². The lowest BCUT2D eigenvalue weighted by atomic mass is 10.1. The van der Waals surface area contributed by atoms with Gasteiger partial charge in [-0.25, -0.2) is 0 Å². The van der Waals surface area contributed by atoms with Gasteiger partial charge in [0.2, 0.25) is 0 Å². The summed E-state index contributed by atoms with van der Waals surface area (Å²) in [5.74, 6) is 0.186. The molecule has 0 radical (unpaired) electrons. The van der Waals surface area contributed by atoms with Crippen LogP contribution >= 0.6 is 11.3 Å². The fraction of sp³-hybridized carbons (Fsp3) is 0.222. The second kappa shape index (κ2) is 7.24. The summed E-state index contributed by atoms with van der Waals surface area (Å²) < 4.78 is 4.98. The predicted molar refractivity (Wildman–Crippen MR) is 92.0 cm³/mol. The van der Waals surface area contributed by atoms with Gasteiger partial charge in [0.05, 0.1) is 0 Å². The molecule has 2 heterocycles. The zero-order valence-corrected chi connectivity index (χ0v) is 13.7. The average Bonchev–Trinajstić information content (AvgIpc) is 3.27. The van der Waals surface area contributed by atoms with Crippen LogP contribution in [0.25, 0.3) is 0 Å². The zero-order valence-electron chi connectivity index (χ0n) is 12.9. The molecule has 118 valence electrons. The van der Waals surface area contributed by atoms with E-state index >= 15 is 0 Å². The molecule has 1 N–H and O–H groups in total. The van der Waals surface area contributed by atoms with Crippen molar-refractivity contribution in [3.05, 3.63) is 70.2 Å². The van der Waals surface area contributed by atoms with Crippen molar-refractivity contribution in [1.29, 1.82) is 0 Å². The van der Waals surface area contributed by atoms with Gasteiger partial charge in [0, 0.05) is 28.6 Å². The largest absolute Gasteiger partial charge is 0.372 e. The van der Waals surface area contributed by atoms with Crippen molar-refractivity contribution in [2.45, 2.75) is 25.8 Å². The summed E-state index contributed by atoms with van der Waals surface area (Å²) in [4.78, 5) is 13.1. The molecular weight excluding hydrogens is 308 g/mol. The van der Waals surface area contributed by atoms with Gasteiger partial charge < -0.3 is 9.84 Å². The lowest BCUT2D eigenvalue weighted by Gasteiger charge is -2.16. The summed E-state index contributed by atoms with van der Waals surface area (Å²) in [5.41, 5.74) is 2.53. The van der Waals surface area contributed by atoms with Gasteiger partial charge in [-0.15, -0.1) is 11.3 Å². The van der Waals surface area contributed by atoms with E-state index in [0.29, 0.717) is 6.42 Å². The van der Waals surface area contributed by atoms with Gasteiger partial charge in [0.1, 0.15) is 18.0 Å². The topological polar surface area (TPSA) is 55.1 Å². The van der Waals surface area contributed by atoms with Crippen molar-refractivity contribution in [2.75, 3.05) is 5.32 Å². The van der Waals surface area contributed by atoms with Crippen LogP contribution in [0.4, 0.5) is 5.69 Å². The number of benzene rings is 1. The molecule has 0 saturated heterocycles. The number of nitrogens with one attached hydrogen (secondary N) is 1. The maximum Gasteiger partial charge on any atom is 0.162 e. The van der Waals surface area contributed by atoms with Gasteiger partial charge in [-0.1, -0.05) is 18.1 Å². The maximum absolute atomic E-state index is 11.9. The van der Waals surface area contributed by atoms with Crippen LogP contribution in [0.3, 0.4) is 0 Å². The number of hydrogen-bond acceptors (Lipinski definition) is 5. The highest BCUT2D eigenvalue weighted by Crippen LogP contribution is 2.29. The van der Waals surface area contributed by atoms with Crippen LogP contribution in [-0.4, -0.2) is 10.9 Å². The Kier molecular flexibility index (Phi) is 4.88. The molecule has 3 aromatic rings. The molecule has 1 aromatic carbocycles. The molecule has 3 rings (SSSR count). The Morgan fingerprint density at radius 1 is 1.26 bits per heavy atom. The lowest BCUT2D eigenvalue weighted by molar-refractivity contribution is 0.0982. The van der Waals surface area contributed by atoms with Crippen LogP contribution in [0.2, 0.25) is 0 Å². The highest BCUT2D eigenvalue weighted by molar-refractivity contribution is 7.10. The standard InChI is InChI=1S/C18H18N2O2S/c1-2-4-16(21)13-6-8-14(9-7-13)19-18(15-10-11-22-20-15)17-5-3-12-23-17/h3,5-12,18-19H,2,4H2,1H3. The molecule has 0 saturated carbocycles. The van der Waals surface area contributed by atoms with Crippen LogP contribution in [0, 0.1) is 0 Å². The number of aromatic nitrogens is 1. The molecule has 0 bridgehead atoms. The highest BCUT2D eigenvalue weighted by atomic mass is 32.1. The second-order valence-electron chi connectivity index (χ2n) is 5.27. The summed E-state index contributed by atoms with van der Waals surface area (Å²) in [6.07, 6.45) is 3.03. The summed E-state index contributed by atoms with van der Waals surface area (Å²) >= 11 is 1.66. The van der Waals surface area contributed by atoms with Crippen molar-refractivity contribution >= 4 is 22.8 Å². The Hall–Kier alpha value is -2.40.